The van der Waals surface area contributed by atoms with Crippen molar-refractivity contribution in [3.63, 3.8) is 0 Å². The minimum Gasteiger partial charge on any atom is -0.321 e. The van der Waals surface area contributed by atoms with E-state index in [2.05, 4.69) is 5.32 Å². The summed E-state index contributed by atoms with van der Waals surface area (Å²) in [4.78, 5) is 22.3. The number of nitro groups is 1. The van der Waals surface area contributed by atoms with Crippen LogP contribution in [0.2, 0.25) is 10.0 Å². The molecule has 0 heterocycles. The summed E-state index contributed by atoms with van der Waals surface area (Å²) in [6.45, 7) is 0. The molecule has 0 spiro atoms. The summed E-state index contributed by atoms with van der Waals surface area (Å²) in [7, 11) is 0. The zero-order valence-electron chi connectivity index (χ0n) is 12.3. The van der Waals surface area contributed by atoms with Crippen LogP contribution in [0.3, 0.4) is 0 Å². The predicted molar refractivity (Wildman–Crippen MR) is 91.7 cm³/mol. The average molecular weight is 380 g/mol. The second kappa shape index (κ2) is 7.75. The summed E-state index contributed by atoms with van der Waals surface area (Å²) < 4.78 is 13.8. The van der Waals surface area contributed by atoms with Gasteiger partial charge < -0.3 is 5.32 Å². The topological polar surface area (TPSA) is 96.0 Å². The number of rotatable bonds is 4. The first-order valence-corrected chi connectivity index (χ1v) is 7.40. The van der Waals surface area contributed by atoms with Gasteiger partial charge in [0.1, 0.15) is 22.5 Å². The number of nitro benzene ring substituents is 1. The predicted octanol–water partition coefficient (Wildman–Crippen LogP) is 4.59. The van der Waals surface area contributed by atoms with Crippen LogP contribution in [0.15, 0.2) is 42.0 Å². The summed E-state index contributed by atoms with van der Waals surface area (Å²) in [5, 5.41) is 22.2. The molecule has 2 aromatic carbocycles. The number of amides is 1. The van der Waals surface area contributed by atoms with Crippen LogP contribution >= 0.6 is 23.2 Å². The maximum Gasteiger partial charge on any atom is 0.289 e. The third kappa shape index (κ3) is 4.32. The lowest BCUT2D eigenvalue weighted by Crippen LogP contribution is -2.13. The van der Waals surface area contributed by atoms with Crippen LogP contribution in [-0.4, -0.2) is 10.8 Å². The van der Waals surface area contributed by atoms with Gasteiger partial charge >= 0.3 is 0 Å². The highest BCUT2D eigenvalue weighted by molar-refractivity contribution is 6.33. The molecule has 9 heteroatoms. The van der Waals surface area contributed by atoms with Crippen LogP contribution in [0.1, 0.15) is 5.56 Å². The Kier molecular flexibility index (Phi) is 5.70. The minimum absolute atomic E-state index is 0.0303. The molecule has 0 aliphatic carbocycles. The summed E-state index contributed by atoms with van der Waals surface area (Å²) >= 11 is 11.5. The number of hydrogen-bond acceptors (Lipinski definition) is 4. The van der Waals surface area contributed by atoms with E-state index < -0.39 is 27.9 Å². The molecule has 1 N–H and O–H groups in total. The number of nitrogens with zero attached hydrogens (tertiary/aromatic N) is 2. The highest BCUT2D eigenvalue weighted by Crippen LogP contribution is 2.28. The lowest BCUT2D eigenvalue weighted by Gasteiger charge is -2.06. The van der Waals surface area contributed by atoms with Crippen molar-refractivity contribution in [1.82, 2.24) is 0 Å². The Morgan fingerprint density at radius 1 is 1.28 bits per heavy atom. The van der Waals surface area contributed by atoms with Crippen molar-refractivity contribution in [3.05, 3.63) is 73.5 Å². The molecule has 6 nitrogen and oxygen atoms in total. The molecule has 0 aliphatic rings. The average Bonchev–Trinajstić information content (AvgIpc) is 2.56. The highest BCUT2D eigenvalue weighted by Gasteiger charge is 2.16. The van der Waals surface area contributed by atoms with Crippen LogP contribution in [-0.2, 0) is 4.79 Å². The molecule has 0 radical (unpaired) electrons. The van der Waals surface area contributed by atoms with Gasteiger partial charge in [0.05, 0.1) is 9.95 Å². The van der Waals surface area contributed by atoms with E-state index in [0.717, 1.165) is 18.2 Å². The van der Waals surface area contributed by atoms with E-state index in [1.165, 1.54) is 24.3 Å². The Morgan fingerprint density at radius 3 is 2.60 bits per heavy atom. The monoisotopic (exact) mass is 379 g/mol. The fourth-order valence-corrected chi connectivity index (χ4v) is 2.27. The van der Waals surface area contributed by atoms with Crippen LogP contribution in [0.5, 0.6) is 0 Å². The van der Waals surface area contributed by atoms with Gasteiger partial charge in [0.15, 0.2) is 0 Å². The van der Waals surface area contributed by atoms with Crippen LogP contribution < -0.4 is 5.32 Å². The SMILES string of the molecule is N#C/C(=C\c1c(F)cccc1Cl)C(=O)Nc1ccc(Cl)c([N+](=O)[O-])c1. The van der Waals surface area contributed by atoms with E-state index in [1.54, 1.807) is 6.07 Å². The third-order valence-corrected chi connectivity index (χ3v) is 3.70. The summed E-state index contributed by atoms with van der Waals surface area (Å²) in [5.41, 5.74) is -0.886. The maximum atomic E-state index is 13.8. The van der Waals surface area contributed by atoms with E-state index in [4.69, 9.17) is 28.5 Å². The number of carbonyl (C=O) groups is 1. The molecule has 0 unspecified atom stereocenters. The molecule has 2 rings (SSSR count). The number of benzene rings is 2. The molecule has 0 bridgehead atoms. The molecular weight excluding hydrogens is 372 g/mol. The highest BCUT2D eigenvalue weighted by atomic mass is 35.5. The molecule has 25 heavy (non-hydrogen) atoms. The molecule has 1 amide bonds. The van der Waals surface area contributed by atoms with Crippen LogP contribution in [0.25, 0.3) is 6.08 Å². The number of halogens is 3. The van der Waals surface area contributed by atoms with Gasteiger partial charge in [-0.1, -0.05) is 29.3 Å². The van der Waals surface area contributed by atoms with Crippen molar-refractivity contribution < 1.29 is 14.1 Å². The Morgan fingerprint density at radius 2 is 2.00 bits per heavy atom. The van der Waals surface area contributed by atoms with Crippen molar-refractivity contribution in [2.45, 2.75) is 0 Å². The van der Waals surface area contributed by atoms with Crippen molar-refractivity contribution in [2.24, 2.45) is 0 Å². The van der Waals surface area contributed by atoms with Crippen molar-refractivity contribution >= 4 is 46.6 Å². The van der Waals surface area contributed by atoms with Gasteiger partial charge in [0.25, 0.3) is 11.6 Å². The smallest absolute Gasteiger partial charge is 0.289 e. The zero-order chi connectivity index (χ0) is 18.6. The maximum absolute atomic E-state index is 13.8. The van der Waals surface area contributed by atoms with Gasteiger partial charge in [-0.05, 0) is 30.3 Å². The number of nitriles is 1. The third-order valence-electron chi connectivity index (χ3n) is 3.05. The molecule has 0 atom stereocenters. The Balaban J connectivity index is 2.33. The summed E-state index contributed by atoms with van der Waals surface area (Å²) in [6, 6.07) is 9.17. The zero-order valence-corrected chi connectivity index (χ0v) is 13.8. The first kappa shape index (κ1) is 18.4. The van der Waals surface area contributed by atoms with Gasteiger partial charge in [0, 0.05) is 17.3 Å². The number of anilines is 1. The van der Waals surface area contributed by atoms with Crippen molar-refractivity contribution in [2.75, 3.05) is 5.32 Å². The van der Waals surface area contributed by atoms with Gasteiger partial charge in [-0.3, -0.25) is 14.9 Å². The fourth-order valence-electron chi connectivity index (χ4n) is 1.87. The molecule has 2 aromatic rings. The second-order valence-electron chi connectivity index (χ2n) is 4.68. The Bertz CT molecular complexity index is 918. The van der Waals surface area contributed by atoms with E-state index in [1.807, 2.05) is 0 Å². The number of hydrogen-bond donors (Lipinski definition) is 1. The van der Waals surface area contributed by atoms with Gasteiger partial charge in [-0.15, -0.1) is 0 Å². The molecule has 0 aliphatic heterocycles. The normalized spacial score (nSPS) is 10.9. The standard InChI is InChI=1S/C16H8Cl2FN3O3/c17-12-2-1-3-14(19)11(12)6-9(8-20)16(23)21-10-4-5-13(18)15(7-10)22(24)25/h1-7H,(H,21,23)/b9-6+. The summed E-state index contributed by atoms with van der Waals surface area (Å²) in [6.07, 6.45) is 0.997. The summed E-state index contributed by atoms with van der Waals surface area (Å²) in [5.74, 6) is -1.58. The molecule has 0 saturated heterocycles. The van der Waals surface area contributed by atoms with E-state index in [0.29, 0.717) is 0 Å². The van der Waals surface area contributed by atoms with E-state index in [-0.39, 0.29) is 21.3 Å². The van der Waals surface area contributed by atoms with Crippen molar-refractivity contribution in [1.29, 1.82) is 5.26 Å². The van der Waals surface area contributed by atoms with E-state index >= 15 is 0 Å². The minimum atomic E-state index is -0.876. The number of nitrogens with one attached hydrogen (secondary N) is 1. The Hall–Kier alpha value is -2.95. The van der Waals surface area contributed by atoms with Crippen molar-refractivity contribution in [3.8, 4) is 6.07 Å². The fraction of sp³-hybridized carbons (Fsp3) is 0. The number of carbonyl (C=O) groups excluding carboxylic acids is 1. The molecular formula is C16H8Cl2FN3O3. The largest absolute Gasteiger partial charge is 0.321 e. The van der Waals surface area contributed by atoms with Gasteiger partial charge in [0.2, 0.25) is 0 Å². The Labute approximate surface area is 151 Å². The molecule has 0 saturated carbocycles. The molecule has 0 aromatic heterocycles. The first-order valence-electron chi connectivity index (χ1n) is 6.64. The van der Waals surface area contributed by atoms with Gasteiger partial charge in [-0.25, -0.2) is 4.39 Å². The van der Waals surface area contributed by atoms with Gasteiger partial charge in [-0.2, -0.15) is 5.26 Å². The molecule has 126 valence electrons. The lowest BCUT2D eigenvalue weighted by molar-refractivity contribution is -0.384. The first-order chi connectivity index (χ1) is 11.8. The molecule has 0 fully saturated rings. The second-order valence-corrected chi connectivity index (χ2v) is 5.50. The van der Waals surface area contributed by atoms with E-state index in [9.17, 15) is 19.3 Å². The van der Waals surface area contributed by atoms with Crippen LogP contribution in [0.4, 0.5) is 15.8 Å². The lowest BCUT2D eigenvalue weighted by atomic mass is 10.1. The van der Waals surface area contributed by atoms with Crippen LogP contribution in [0, 0.1) is 27.3 Å². The quantitative estimate of drug-likeness (QED) is 0.363.